The molecule has 0 bridgehead atoms. The topological polar surface area (TPSA) is 57.5 Å². The number of unbranched alkanes of at least 4 members (excludes halogenated alkanes) is 2. The van der Waals surface area contributed by atoms with Gasteiger partial charge in [0, 0.05) is 0 Å². The summed E-state index contributed by atoms with van der Waals surface area (Å²) in [6.07, 6.45) is 3.42. The smallest absolute Gasteiger partial charge is 0.313 e. The maximum atomic E-state index is 11.4. The molecule has 0 fully saturated rings. The van der Waals surface area contributed by atoms with E-state index >= 15 is 0 Å². The molecule has 0 saturated carbocycles. The second-order valence-electron chi connectivity index (χ2n) is 5.00. The van der Waals surface area contributed by atoms with Crippen molar-refractivity contribution in [3.05, 3.63) is 35.9 Å². The van der Waals surface area contributed by atoms with Gasteiger partial charge in [-0.2, -0.15) is 0 Å². The predicted octanol–water partition coefficient (Wildman–Crippen LogP) is 3.19. The minimum absolute atomic E-state index is 0.507. The third-order valence-corrected chi connectivity index (χ3v) is 3.29. The Morgan fingerprint density at radius 3 is 2.39 bits per heavy atom. The fraction of sp³-hybridized carbons (Fsp3) is 0.533. The van der Waals surface area contributed by atoms with Gasteiger partial charge in [-0.1, -0.05) is 56.5 Å². The van der Waals surface area contributed by atoms with E-state index in [2.05, 4.69) is 6.92 Å². The number of hydrogen-bond acceptors (Lipinski definition) is 2. The average Bonchev–Trinajstić information content (AvgIpc) is 2.29. The van der Waals surface area contributed by atoms with Crippen molar-refractivity contribution >= 4 is 5.97 Å². The average molecular weight is 250 g/mol. The van der Waals surface area contributed by atoms with Crippen LogP contribution in [0.3, 0.4) is 0 Å². The normalized spacial score (nSPS) is 15.9. The second-order valence-corrected chi connectivity index (χ2v) is 5.00. The third-order valence-electron chi connectivity index (χ3n) is 3.29. The number of carboxylic acids is 1. The number of aliphatic carboxylic acids is 1. The molecule has 0 aromatic heterocycles. The highest BCUT2D eigenvalue weighted by Crippen LogP contribution is 2.32. The zero-order valence-corrected chi connectivity index (χ0v) is 11.1. The Morgan fingerprint density at radius 2 is 1.89 bits per heavy atom. The number of benzene rings is 1. The summed E-state index contributed by atoms with van der Waals surface area (Å²) in [5.74, 6) is -1.83. The maximum Gasteiger partial charge on any atom is 0.313 e. The van der Waals surface area contributed by atoms with Gasteiger partial charge in [0.25, 0.3) is 0 Å². The summed E-state index contributed by atoms with van der Waals surface area (Å²) in [6, 6.07) is 8.95. The first-order valence-corrected chi connectivity index (χ1v) is 6.49. The van der Waals surface area contributed by atoms with Crippen molar-refractivity contribution in [3.8, 4) is 0 Å². The molecule has 100 valence electrons. The summed E-state index contributed by atoms with van der Waals surface area (Å²) < 4.78 is 0. The molecule has 18 heavy (non-hydrogen) atoms. The van der Waals surface area contributed by atoms with E-state index in [-0.39, 0.29) is 0 Å². The molecule has 0 saturated heterocycles. The SMILES string of the molecule is CCCCCC(C)(O)C(C(=O)O)c1ccccc1. The summed E-state index contributed by atoms with van der Waals surface area (Å²) in [4.78, 5) is 11.4. The van der Waals surface area contributed by atoms with Crippen LogP contribution in [0.1, 0.15) is 51.0 Å². The van der Waals surface area contributed by atoms with Gasteiger partial charge in [-0.15, -0.1) is 0 Å². The Kier molecular flexibility index (Phi) is 5.35. The Balaban J connectivity index is 2.88. The Bertz CT molecular complexity index is 371. The molecule has 2 atom stereocenters. The van der Waals surface area contributed by atoms with Gasteiger partial charge in [0.15, 0.2) is 0 Å². The van der Waals surface area contributed by atoms with E-state index in [1.807, 2.05) is 6.07 Å². The Morgan fingerprint density at radius 1 is 1.28 bits per heavy atom. The van der Waals surface area contributed by atoms with Crippen LogP contribution in [-0.2, 0) is 4.79 Å². The highest BCUT2D eigenvalue weighted by Gasteiger charge is 2.38. The molecule has 2 N–H and O–H groups in total. The minimum Gasteiger partial charge on any atom is -0.481 e. The number of carboxylic acid groups (broad SMARTS) is 1. The van der Waals surface area contributed by atoms with Gasteiger partial charge >= 0.3 is 5.97 Å². The predicted molar refractivity (Wildman–Crippen MR) is 71.6 cm³/mol. The summed E-state index contributed by atoms with van der Waals surface area (Å²) in [7, 11) is 0. The summed E-state index contributed by atoms with van der Waals surface area (Å²) in [5, 5.41) is 19.8. The highest BCUT2D eigenvalue weighted by atomic mass is 16.4. The standard InChI is InChI=1S/C15H22O3/c1-3-4-8-11-15(2,18)13(14(16)17)12-9-6-5-7-10-12/h5-7,9-10,13,18H,3-4,8,11H2,1-2H3,(H,16,17). The van der Waals surface area contributed by atoms with Gasteiger partial charge in [0.1, 0.15) is 5.92 Å². The second kappa shape index (κ2) is 6.55. The fourth-order valence-corrected chi connectivity index (χ4v) is 2.29. The van der Waals surface area contributed by atoms with Crippen LogP contribution in [0.2, 0.25) is 0 Å². The molecule has 0 aliphatic carbocycles. The number of hydrogen-bond donors (Lipinski definition) is 2. The molecule has 2 unspecified atom stereocenters. The molecule has 1 aromatic rings. The van der Waals surface area contributed by atoms with Gasteiger partial charge < -0.3 is 10.2 Å². The number of rotatable bonds is 7. The lowest BCUT2D eigenvalue weighted by Gasteiger charge is -2.30. The summed E-state index contributed by atoms with van der Waals surface area (Å²) >= 11 is 0. The molecule has 0 heterocycles. The van der Waals surface area contributed by atoms with Crippen LogP contribution < -0.4 is 0 Å². The van der Waals surface area contributed by atoms with Crippen LogP contribution in [0, 0.1) is 0 Å². The quantitative estimate of drug-likeness (QED) is 0.731. The van der Waals surface area contributed by atoms with E-state index in [9.17, 15) is 15.0 Å². The van der Waals surface area contributed by atoms with Crippen molar-refractivity contribution in [2.75, 3.05) is 0 Å². The van der Waals surface area contributed by atoms with Gasteiger partial charge in [-0.25, -0.2) is 0 Å². The van der Waals surface area contributed by atoms with Crippen molar-refractivity contribution in [1.82, 2.24) is 0 Å². The van der Waals surface area contributed by atoms with Gasteiger partial charge in [0.2, 0.25) is 0 Å². The molecule has 0 radical (unpaired) electrons. The Hall–Kier alpha value is -1.35. The summed E-state index contributed by atoms with van der Waals surface area (Å²) in [5.41, 5.74) is -0.547. The van der Waals surface area contributed by atoms with Crippen LogP contribution >= 0.6 is 0 Å². The lowest BCUT2D eigenvalue weighted by Crippen LogP contribution is -2.37. The van der Waals surface area contributed by atoms with Gasteiger partial charge in [-0.3, -0.25) is 4.79 Å². The molecule has 1 rings (SSSR count). The molecule has 3 nitrogen and oxygen atoms in total. The first kappa shape index (κ1) is 14.7. The van der Waals surface area contributed by atoms with Crippen LogP contribution in [0.25, 0.3) is 0 Å². The molecule has 1 aromatic carbocycles. The van der Waals surface area contributed by atoms with Crippen molar-refractivity contribution in [2.45, 2.75) is 51.0 Å². The van der Waals surface area contributed by atoms with Crippen molar-refractivity contribution < 1.29 is 15.0 Å². The molecule has 0 aliphatic rings. The Labute approximate surface area is 108 Å². The molecule has 0 amide bonds. The first-order valence-electron chi connectivity index (χ1n) is 6.49. The molecule has 0 spiro atoms. The fourth-order valence-electron chi connectivity index (χ4n) is 2.29. The van der Waals surface area contributed by atoms with E-state index in [1.165, 1.54) is 0 Å². The monoisotopic (exact) mass is 250 g/mol. The molecule has 0 aliphatic heterocycles. The zero-order chi connectivity index (χ0) is 13.6. The molecular formula is C15H22O3. The highest BCUT2D eigenvalue weighted by molar-refractivity contribution is 5.77. The van der Waals surface area contributed by atoms with Crippen LogP contribution in [0.15, 0.2) is 30.3 Å². The molecule has 3 heteroatoms. The van der Waals surface area contributed by atoms with Crippen molar-refractivity contribution in [3.63, 3.8) is 0 Å². The first-order chi connectivity index (χ1) is 8.49. The van der Waals surface area contributed by atoms with E-state index in [0.717, 1.165) is 19.3 Å². The minimum atomic E-state index is -1.21. The summed E-state index contributed by atoms with van der Waals surface area (Å²) in [6.45, 7) is 3.70. The van der Waals surface area contributed by atoms with Gasteiger partial charge in [-0.05, 0) is 18.9 Å². The van der Waals surface area contributed by atoms with Crippen molar-refractivity contribution in [2.24, 2.45) is 0 Å². The van der Waals surface area contributed by atoms with Gasteiger partial charge in [0.05, 0.1) is 5.60 Å². The van der Waals surface area contributed by atoms with Crippen LogP contribution in [0.4, 0.5) is 0 Å². The van der Waals surface area contributed by atoms with E-state index < -0.39 is 17.5 Å². The zero-order valence-electron chi connectivity index (χ0n) is 11.1. The third kappa shape index (κ3) is 3.84. The van der Waals surface area contributed by atoms with Crippen LogP contribution in [-0.4, -0.2) is 21.8 Å². The lowest BCUT2D eigenvalue weighted by atomic mass is 9.80. The largest absolute Gasteiger partial charge is 0.481 e. The van der Waals surface area contributed by atoms with E-state index in [1.54, 1.807) is 31.2 Å². The maximum absolute atomic E-state index is 11.4. The molecular weight excluding hydrogens is 228 g/mol. The van der Waals surface area contributed by atoms with Crippen LogP contribution in [0.5, 0.6) is 0 Å². The van der Waals surface area contributed by atoms with E-state index in [0.29, 0.717) is 12.0 Å². The lowest BCUT2D eigenvalue weighted by molar-refractivity contribution is -0.145. The van der Waals surface area contributed by atoms with E-state index in [4.69, 9.17) is 0 Å². The van der Waals surface area contributed by atoms with Crippen molar-refractivity contribution in [1.29, 1.82) is 0 Å². The number of aliphatic hydroxyl groups is 1. The number of carbonyl (C=O) groups is 1.